The van der Waals surface area contributed by atoms with Gasteiger partial charge in [0.25, 0.3) is 0 Å². The van der Waals surface area contributed by atoms with Gasteiger partial charge in [-0.25, -0.2) is 14.8 Å². The number of nitrogens with zero attached hydrogens (tertiary/aromatic N) is 2. The Morgan fingerprint density at radius 1 is 1.40 bits per heavy atom. The van der Waals surface area contributed by atoms with Crippen LogP contribution in [0.25, 0.3) is 0 Å². The van der Waals surface area contributed by atoms with Gasteiger partial charge in [0.15, 0.2) is 0 Å². The van der Waals surface area contributed by atoms with Crippen molar-refractivity contribution >= 4 is 11.9 Å². The number of hydrazine groups is 1. The Labute approximate surface area is 119 Å². The smallest absolute Gasteiger partial charge is 0.334 e. The van der Waals surface area contributed by atoms with E-state index in [0.29, 0.717) is 18.5 Å². The molecule has 0 bridgehead atoms. The third-order valence-corrected chi connectivity index (χ3v) is 5.32. The third kappa shape index (κ3) is 1.87. The molecule has 3 aliphatic rings. The number of rotatable bonds is 3. The molecule has 1 aliphatic carbocycles. The van der Waals surface area contributed by atoms with Crippen molar-refractivity contribution in [3.63, 3.8) is 0 Å². The van der Waals surface area contributed by atoms with Crippen LogP contribution in [0.5, 0.6) is 0 Å². The van der Waals surface area contributed by atoms with Crippen LogP contribution in [-0.2, 0) is 9.59 Å². The van der Waals surface area contributed by atoms with Gasteiger partial charge in [0, 0.05) is 19.2 Å². The Morgan fingerprint density at radius 3 is 2.70 bits per heavy atom. The van der Waals surface area contributed by atoms with Crippen molar-refractivity contribution < 1.29 is 14.7 Å². The molecular formula is C15H22N2O3. The molecule has 5 heteroatoms. The van der Waals surface area contributed by atoms with Gasteiger partial charge in [0.1, 0.15) is 0 Å². The Kier molecular flexibility index (Phi) is 3.32. The zero-order valence-corrected chi connectivity index (χ0v) is 12.0. The molecule has 2 fully saturated rings. The van der Waals surface area contributed by atoms with Gasteiger partial charge in [0.05, 0.1) is 11.6 Å². The predicted molar refractivity (Wildman–Crippen MR) is 73.5 cm³/mol. The Balaban J connectivity index is 1.99. The molecule has 1 saturated heterocycles. The zero-order chi connectivity index (χ0) is 14.3. The number of hydrogen-bond acceptors (Lipinski definition) is 3. The van der Waals surface area contributed by atoms with E-state index in [1.54, 1.807) is 11.2 Å². The van der Waals surface area contributed by atoms with Crippen molar-refractivity contribution in [3.05, 3.63) is 11.8 Å². The first-order valence-electron chi connectivity index (χ1n) is 7.63. The lowest BCUT2D eigenvalue weighted by Gasteiger charge is -2.45. The van der Waals surface area contributed by atoms with Crippen molar-refractivity contribution in [2.24, 2.45) is 5.41 Å². The fourth-order valence-corrected chi connectivity index (χ4v) is 4.23. The molecule has 5 nitrogen and oxygen atoms in total. The van der Waals surface area contributed by atoms with E-state index in [4.69, 9.17) is 0 Å². The highest BCUT2D eigenvalue weighted by Gasteiger charge is 2.52. The maximum absolute atomic E-state index is 11.9. The topological polar surface area (TPSA) is 60.9 Å². The number of fused-ring (bicyclic) bond motifs is 1. The number of aliphatic carboxylic acids is 1. The molecule has 2 heterocycles. The number of carboxylic acids is 1. The number of hydrogen-bond donors (Lipinski definition) is 1. The van der Waals surface area contributed by atoms with E-state index in [1.807, 2.05) is 5.01 Å². The van der Waals surface area contributed by atoms with Gasteiger partial charge in [-0.15, -0.1) is 0 Å². The van der Waals surface area contributed by atoms with Crippen molar-refractivity contribution in [2.45, 2.75) is 57.9 Å². The van der Waals surface area contributed by atoms with Crippen LogP contribution in [0.2, 0.25) is 0 Å². The minimum atomic E-state index is -0.879. The van der Waals surface area contributed by atoms with Gasteiger partial charge in [-0.2, -0.15) is 0 Å². The van der Waals surface area contributed by atoms with Crippen LogP contribution in [0.4, 0.5) is 0 Å². The van der Waals surface area contributed by atoms with Crippen LogP contribution in [-0.4, -0.2) is 39.6 Å². The standard InChI is InChI=1S/C15H22N2O3/c1-2-15(7-4-3-5-8-15)13-11(14(19)20)10-17-12(18)6-9-16(13)17/h10,13H,2-9H2,1H3,(H,19,20)/t13-/m0/s1. The molecule has 2 aliphatic heterocycles. The summed E-state index contributed by atoms with van der Waals surface area (Å²) in [5.74, 6) is -0.857. The first kappa shape index (κ1) is 13.6. The van der Waals surface area contributed by atoms with Gasteiger partial charge in [-0.05, 0) is 24.7 Å². The Hall–Kier alpha value is -1.36. The molecule has 3 rings (SSSR count). The molecule has 110 valence electrons. The SMILES string of the molecule is CCC1([C@@H]2C(C(=O)O)=CN3C(=O)CCN23)CCCCC1. The number of carbonyl (C=O) groups is 2. The second kappa shape index (κ2) is 4.88. The van der Waals surface area contributed by atoms with E-state index in [9.17, 15) is 14.7 Å². The highest BCUT2D eigenvalue weighted by Crippen LogP contribution is 2.49. The highest BCUT2D eigenvalue weighted by atomic mass is 16.4. The molecule has 1 saturated carbocycles. The van der Waals surface area contributed by atoms with Crippen molar-refractivity contribution in [3.8, 4) is 0 Å². The zero-order valence-electron chi connectivity index (χ0n) is 12.0. The quantitative estimate of drug-likeness (QED) is 0.859. The van der Waals surface area contributed by atoms with Crippen molar-refractivity contribution in [2.75, 3.05) is 6.54 Å². The summed E-state index contributed by atoms with van der Waals surface area (Å²) in [7, 11) is 0. The van der Waals surface area contributed by atoms with E-state index >= 15 is 0 Å². The molecular weight excluding hydrogens is 256 g/mol. The minimum absolute atomic E-state index is 0.0157. The predicted octanol–water partition coefficient (Wildman–Crippen LogP) is 2.15. The molecule has 1 amide bonds. The summed E-state index contributed by atoms with van der Waals surface area (Å²) in [5.41, 5.74) is 0.420. The van der Waals surface area contributed by atoms with E-state index in [1.165, 1.54) is 19.3 Å². The van der Waals surface area contributed by atoms with Gasteiger partial charge in [-0.3, -0.25) is 4.79 Å². The van der Waals surface area contributed by atoms with E-state index in [-0.39, 0.29) is 17.4 Å². The second-order valence-corrected chi connectivity index (χ2v) is 6.22. The van der Waals surface area contributed by atoms with Crippen LogP contribution in [0.3, 0.4) is 0 Å². The average molecular weight is 278 g/mol. The number of carboxylic acid groups (broad SMARTS) is 1. The van der Waals surface area contributed by atoms with Crippen molar-refractivity contribution in [1.29, 1.82) is 0 Å². The monoisotopic (exact) mass is 278 g/mol. The van der Waals surface area contributed by atoms with Crippen LogP contribution >= 0.6 is 0 Å². The number of amides is 1. The van der Waals surface area contributed by atoms with Crippen molar-refractivity contribution in [1.82, 2.24) is 10.0 Å². The van der Waals surface area contributed by atoms with Crippen LogP contribution in [0.15, 0.2) is 11.8 Å². The Bertz CT molecular complexity index is 466. The Morgan fingerprint density at radius 2 is 2.10 bits per heavy atom. The largest absolute Gasteiger partial charge is 0.478 e. The molecule has 0 unspecified atom stereocenters. The average Bonchev–Trinajstić information content (AvgIpc) is 3.00. The summed E-state index contributed by atoms with van der Waals surface area (Å²) in [5, 5.41) is 13.1. The van der Waals surface area contributed by atoms with Gasteiger partial charge in [0.2, 0.25) is 5.91 Å². The molecule has 0 radical (unpaired) electrons. The first-order valence-corrected chi connectivity index (χ1v) is 7.63. The maximum Gasteiger partial charge on any atom is 0.334 e. The lowest BCUT2D eigenvalue weighted by atomic mass is 9.65. The van der Waals surface area contributed by atoms with Crippen LogP contribution in [0.1, 0.15) is 51.9 Å². The fraction of sp³-hybridized carbons (Fsp3) is 0.733. The minimum Gasteiger partial charge on any atom is -0.478 e. The summed E-state index contributed by atoms with van der Waals surface area (Å²) in [6.07, 6.45) is 8.74. The molecule has 0 aromatic carbocycles. The van der Waals surface area contributed by atoms with Gasteiger partial charge >= 0.3 is 5.97 Å². The first-order chi connectivity index (χ1) is 9.59. The third-order valence-electron chi connectivity index (χ3n) is 5.32. The summed E-state index contributed by atoms with van der Waals surface area (Å²) >= 11 is 0. The van der Waals surface area contributed by atoms with Crippen LogP contribution in [0, 0.1) is 5.41 Å². The molecule has 0 aromatic rings. The highest BCUT2D eigenvalue weighted by molar-refractivity contribution is 5.91. The van der Waals surface area contributed by atoms with E-state index < -0.39 is 5.97 Å². The van der Waals surface area contributed by atoms with Crippen LogP contribution < -0.4 is 0 Å². The lowest BCUT2D eigenvalue weighted by Crippen LogP contribution is -2.50. The normalized spacial score (nSPS) is 29.4. The molecule has 0 spiro atoms. The summed E-state index contributed by atoms with van der Waals surface area (Å²) < 4.78 is 0. The summed E-state index contributed by atoms with van der Waals surface area (Å²) in [6.45, 7) is 2.81. The second-order valence-electron chi connectivity index (χ2n) is 6.22. The van der Waals surface area contributed by atoms with Gasteiger partial charge in [-0.1, -0.05) is 26.2 Å². The van der Waals surface area contributed by atoms with Gasteiger partial charge < -0.3 is 5.11 Å². The van der Waals surface area contributed by atoms with E-state index in [2.05, 4.69) is 6.92 Å². The molecule has 1 N–H and O–H groups in total. The molecule has 0 aromatic heterocycles. The molecule has 20 heavy (non-hydrogen) atoms. The number of carbonyl (C=O) groups excluding carboxylic acids is 1. The fourth-order valence-electron chi connectivity index (χ4n) is 4.23. The maximum atomic E-state index is 11.9. The van der Waals surface area contributed by atoms with E-state index in [0.717, 1.165) is 19.3 Å². The summed E-state index contributed by atoms with van der Waals surface area (Å²) in [4.78, 5) is 23.5. The molecule has 1 atom stereocenters. The lowest BCUT2D eigenvalue weighted by molar-refractivity contribution is -0.138. The summed E-state index contributed by atoms with van der Waals surface area (Å²) in [6, 6.07) is -0.128.